The molecule has 258 valence electrons. The molecule has 3 heterocycles. The highest BCUT2D eigenvalue weighted by Crippen LogP contribution is 2.42. The van der Waals surface area contributed by atoms with E-state index < -0.39 is 0 Å². The summed E-state index contributed by atoms with van der Waals surface area (Å²) in [5.41, 5.74) is 3.50. The van der Waals surface area contributed by atoms with Crippen molar-refractivity contribution in [2.45, 2.75) is 73.3 Å². The van der Waals surface area contributed by atoms with Crippen LogP contribution in [0, 0.1) is 0 Å². The molecule has 1 aliphatic rings. The maximum Gasteiger partial charge on any atom is 0.197 e. The molecule has 3 aromatic heterocycles. The predicted octanol–water partition coefficient (Wildman–Crippen LogP) is 9.97. The van der Waals surface area contributed by atoms with Gasteiger partial charge in [0.05, 0.1) is 26.1 Å². The fourth-order valence-electron chi connectivity index (χ4n) is 6.08. The third-order valence-electron chi connectivity index (χ3n) is 8.49. The van der Waals surface area contributed by atoms with Gasteiger partial charge in [-0.05, 0) is 130 Å². The number of hydrogen-bond acceptors (Lipinski definition) is 10. The van der Waals surface area contributed by atoms with E-state index in [-0.39, 0.29) is 0 Å². The van der Waals surface area contributed by atoms with Gasteiger partial charge < -0.3 is 18.8 Å². The van der Waals surface area contributed by atoms with E-state index in [1.54, 1.807) is 30.6 Å². The van der Waals surface area contributed by atoms with Gasteiger partial charge in [-0.3, -0.25) is 0 Å². The Bertz CT molecular complexity index is 2080. The average Bonchev–Trinajstić information content (AvgIpc) is 3.72. The number of halogens is 1. The molecule has 0 saturated carbocycles. The van der Waals surface area contributed by atoms with Crippen molar-refractivity contribution in [1.82, 2.24) is 24.7 Å². The van der Waals surface area contributed by atoms with Crippen LogP contribution in [0.25, 0.3) is 21.6 Å². The molecule has 0 bridgehead atoms. The molecule has 0 spiro atoms. The maximum atomic E-state index is 6.14. The first-order valence-electron chi connectivity index (χ1n) is 16.9. The van der Waals surface area contributed by atoms with E-state index in [1.165, 1.54) is 28.7 Å². The van der Waals surface area contributed by atoms with E-state index in [9.17, 15) is 0 Å². The zero-order valence-corrected chi connectivity index (χ0v) is 31.5. The molecule has 8 nitrogen and oxygen atoms in total. The summed E-state index contributed by atoms with van der Waals surface area (Å²) >= 11 is 11.3. The van der Waals surface area contributed by atoms with Crippen LogP contribution in [0.2, 0.25) is 5.02 Å². The molecule has 1 aliphatic carbocycles. The number of thiophene rings is 1. The van der Waals surface area contributed by atoms with Crippen molar-refractivity contribution in [3.63, 3.8) is 0 Å². The predicted molar refractivity (Wildman–Crippen MR) is 204 cm³/mol. The van der Waals surface area contributed by atoms with E-state index in [0.717, 1.165) is 84.2 Å². The van der Waals surface area contributed by atoms with Crippen LogP contribution < -0.4 is 14.2 Å². The minimum Gasteiger partial charge on any atom is -0.497 e. The SMILES string of the molecule is CCOc1ccc(CCn2c(Sc3nc(CSc4ccc(Cl)cc4)nc4sc5c(c34)CCCC5)nnc2-c2ccc(OC)cc2)cc1OCC. The summed E-state index contributed by atoms with van der Waals surface area (Å²) in [7, 11) is 1.67. The van der Waals surface area contributed by atoms with Gasteiger partial charge in [-0.15, -0.1) is 33.3 Å². The van der Waals surface area contributed by atoms with Gasteiger partial charge in [-0.2, -0.15) is 0 Å². The Labute approximate surface area is 310 Å². The van der Waals surface area contributed by atoms with E-state index >= 15 is 0 Å². The van der Waals surface area contributed by atoms with E-state index in [4.69, 9.17) is 46.0 Å². The lowest BCUT2D eigenvalue weighted by molar-refractivity contribution is 0.287. The number of ether oxygens (including phenoxy) is 3. The lowest BCUT2D eigenvalue weighted by Gasteiger charge is -2.15. The topological polar surface area (TPSA) is 84.2 Å². The molecule has 50 heavy (non-hydrogen) atoms. The van der Waals surface area contributed by atoms with Crippen molar-refractivity contribution in [3.05, 3.63) is 93.6 Å². The molecule has 0 saturated heterocycles. The van der Waals surface area contributed by atoms with Crippen LogP contribution in [-0.4, -0.2) is 45.1 Å². The van der Waals surface area contributed by atoms with Gasteiger partial charge in [-0.1, -0.05) is 17.7 Å². The van der Waals surface area contributed by atoms with Crippen molar-refractivity contribution in [2.75, 3.05) is 20.3 Å². The van der Waals surface area contributed by atoms with Gasteiger partial charge in [0, 0.05) is 32.3 Å². The van der Waals surface area contributed by atoms with Crippen molar-refractivity contribution < 1.29 is 14.2 Å². The number of nitrogens with zero attached hydrogens (tertiary/aromatic N) is 5. The molecule has 0 radical (unpaired) electrons. The van der Waals surface area contributed by atoms with Gasteiger partial charge >= 0.3 is 0 Å². The molecule has 12 heteroatoms. The number of fused-ring (bicyclic) bond motifs is 3. The van der Waals surface area contributed by atoms with Crippen molar-refractivity contribution >= 4 is 56.7 Å². The maximum absolute atomic E-state index is 6.14. The molecule has 0 amide bonds. The normalized spacial score (nSPS) is 12.6. The number of methoxy groups -OCH3 is 1. The Morgan fingerprint density at radius 2 is 1.66 bits per heavy atom. The molecule has 0 fully saturated rings. The smallest absolute Gasteiger partial charge is 0.197 e. The van der Waals surface area contributed by atoms with Gasteiger partial charge in [0.1, 0.15) is 21.4 Å². The zero-order chi connectivity index (χ0) is 34.5. The van der Waals surface area contributed by atoms with Gasteiger partial charge in [0.25, 0.3) is 0 Å². The van der Waals surface area contributed by atoms with Crippen molar-refractivity contribution in [3.8, 4) is 28.6 Å². The third-order valence-corrected chi connectivity index (χ3v) is 11.9. The highest BCUT2D eigenvalue weighted by molar-refractivity contribution is 7.99. The van der Waals surface area contributed by atoms with E-state index in [1.807, 2.05) is 79.8 Å². The van der Waals surface area contributed by atoms with Crippen molar-refractivity contribution in [2.24, 2.45) is 0 Å². The first kappa shape index (κ1) is 34.7. The Kier molecular flexibility index (Phi) is 11.1. The number of thioether (sulfide) groups is 1. The Balaban J connectivity index is 1.25. The van der Waals surface area contributed by atoms with Crippen LogP contribution >= 0.6 is 46.5 Å². The number of hydrogen-bond donors (Lipinski definition) is 0. The highest BCUT2D eigenvalue weighted by Gasteiger charge is 2.24. The minimum atomic E-state index is 0.567. The van der Waals surface area contributed by atoms with Crippen LogP contribution in [0.3, 0.4) is 0 Å². The molecular weight excluding hydrogens is 706 g/mol. The summed E-state index contributed by atoms with van der Waals surface area (Å²) in [6.45, 7) is 5.77. The standard InChI is InChI=1S/C38H38ClN5O3S3/c1-4-46-30-19-10-24(22-31(30)47-5-2)20-21-44-35(25-11-15-27(45-3)16-12-25)42-43-38(44)50-37-34-29-8-6-7-9-32(29)49-36(34)40-33(41-37)23-48-28-17-13-26(39)14-18-28/h10-19,22H,4-9,20-21,23H2,1-3H3. The Hall–Kier alpha value is -3.77. The molecule has 6 aromatic rings. The van der Waals surface area contributed by atoms with Gasteiger partial charge in [-0.25, -0.2) is 9.97 Å². The van der Waals surface area contributed by atoms with Gasteiger partial charge in [0.2, 0.25) is 0 Å². The zero-order valence-electron chi connectivity index (χ0n) is 28.3. The number of benzene rings is 3. The average molecular weight is 744 g/mol. The first-order valence-corrected chi connectivity index (χ1v) is 19.9. The number of rotatable bonds is 14. The third kappa shape index (κ3) is 7.76. The fraction of sp³-hybridized carbons (Fsp3) is 0.316. The molecule has 0 aliphatic heterocycles. The van der Waals surface area contributed by atoms with E-state index in [0.29, 0.717) is 25.5 Å². The summed E-state index contributed by atoms with van der Waals surface area (Å²) in [4.78, 5) is 13.9. The van der Waals surface area contributed by atoms with Crippen LogP contribution in [0.4, 0.5) is 0 Å². The molecule has 7 rings (SSSR count). The second-order valence-electron chi connectivity index (χ2n) is 11.8. The Morgan fingerprint density at radius 1 is 0.880 bits per heavy atom. The van der Waals surface area contributed by atoms with Crippen LogP contribution in [-0.2, 0) is 31.6 Å². The lowest BCUT2D eigenvalue weighted by Crippen LogP contribution is -2.07. The number of aromatic nitrogens is 5. The van der Waals surface area contributed by atoms with Gasteiger partial charge in [0.15, 0.2) is 22.5 Å². The largest absolute Gasteiger partial charge is 0.497 e. The van der Waals surface area contributed by atoms with Crippen LogP contribution in [0.5, 0.6) is 17.2 Å². The van der Waals surface area contributed by atoms with E-state index in [2.05, 4.69) is 16.7 Å². The molecule has 0 N–H and O–H groups in total. The summed E-state index contributed by atoms with van der Waals surface area (Å²) in [6, 6.07) is 22.1. The van der Waals surface area contributed by atoms with Crippen LogP contribution in [0.1, 0.15) is 48.5 Å². The second-order valence-corrected chi connectivity index (χ2v) is 15.3. The lowest BCUT2D eigenvalue weighted by atomic mass is 9.97. The minimum absolute atomic E-state index is 0.567. The molecule has 0 unspecified atom stereocenters. The first-order chi connectivity index (χ1) is 24.5. The highest BCUT2D eigenvalue weighted by atomic mass is 35.5. The molecule has 0 atom stereocenters. The van der Waals surface area contributed by atoms with Crippen LogP contribution in [0.15, 0.2) is 81.8 Å². The fourth-order valence-corrected chi connectivity index (χ4v) is 9.32. The summed E-state index contributed by atoms with van der Waals surface area (Å²) in [5.74, 6) is 4.56. The summed E-state index contributed by atoms with van der Waals surface area (Å²) in [5, 5.41) is 13.2. The van der Waals surface area contributed by atoms with Crippen molar-refractivity contribution in [1.29, 1.82) is 0 Å². The quantitative estimate of drug-likeness (QED) is 0.0800. The second kappa shape index (κ2) is 16.1. The summed E-state index contributed by atoms with van der Waals surface area (Å²) in [6.07, 6.45) is 5.29. The molecular formula is C38H38ClN5O3S3. The molecule has 3 aromatic carbocycles. The number of aryl methyl sites for hydroxylation is 3. The summed E-state index contributed by atoms with van der Waals surface area (Å²) < 4.78 is 19.4. The monoisotopic (exact) mass is 743 g/mol. The Morgan fingerprint density at radius 3 is 2.44 bits per heavy atom.